The first-order valence-corrected chi connectivity index (χ1v) is 7.49. The van der Waals surface area contributed by atoms with Gasteiger partial charge in [-0.15, -0.1) is 0 Å². The van der Waals surface area contributed by atoms with Crippen LogP contribution in [0.2, 0.25) is 0 Å². The van der Waals surface area contributed by atoms with E-state index >= 15 is 0 Å². The van der Waals surface area contributed by atoms with Crippen LogP contribution in [0, 0.1) is 9.39 Å². The summed E-state index contributed by atoms with van der Waals surface area (Å²) in [6.45, 7) is -0.226. The molecule has 2 aromatic carbocycles. The zero-order valence-electron chi connectivity index (χ0n) is 11.5. The summed E-state index contributed by atoms with van der Waals surface area (Å²) >= 11 is 2.08. The Balaban J connectivity index is 2.00. The van der Waals surface area contributed by atoms with E-state index in [0.717, 1.165) is 15.7 Å². The second-order valence-electron chi connectivity index (χ2n) is 4.66. The minimum absolute atomic E-state index is 0.0233. The molecular weight excluding hydrogens is 427 g/mol. The number of carbonyl (C=O) groups excluding carboxylic acids is 1. The van der Waals surface area contributed by atoms with E-state index in [1.807, 2.05) is 6.07 Å². The van der Waals surface area contributed by atoms with Crippen molar-refractivity contribution in [3.05, 3.63) is 63.0 Å². The first kappa shape index (κ1) is 17.5. The molecule has 0 aliphatic rings. The number of urea groups is 1. The molecule has 0 bridgehead atoms. The van der Waals surface area contributed by atoms with Crippen LogP contribution in [0.1, 0.15) is 11.1 Å². The summed E-state index contributed by atoms with van der Waals surface area (Å²) < 4.78 is 52.0. The lowest BCUT2D eigenvalue weighted by atomic mass is 10.1. The quantitative estimate of drug-likeness (QED) is 0.526. The number of alkyl halides is 3. The Bertz CT molecular complexity index is 719. The molecule has 0 radical (unpaired) electrons. The lowest BCUT2D eigenvalue weighted by Crippen LogP contribution is -2.28. The smallest absolute Gasteiger partial charge is 0.334 e. The van der Waals surface area contributed by atoms with Crippen LogP contribution in [0.5, 0.6) is 0 Å². The number of carbonyl (C=O) groups is 1. The summed E-state index contributed by atoms with van der Waals surface area (Å²) in [5.41, 5.74) is -0.521. The number of hydrogen-bond acceptors (Lipinski definition) is 1. The molecule has 0 saturated carbocycles. The zero-order valence-corrected chi connectivity index (χ0v) is 13.7. The highest BCUT2D eigenvalue weighted by molar-refractivity contribution is 14.1. The van der Waals surface area contributed by atoms with E-state index in [9.17, 15) is 22.4 Å². The minimum Gasteiger partial charge on any atom is -0.334 e. The van der Waals surface area contributed by atoms with Gasteiger partial charge >= 0.3 is 12.2 Å². The van der Waals surface area contributed by atoms with Gasteiger partial charge in [0.15, 0.2) is 0 Å². The second kappa shape index (κ2) is 7.16. The van der Waals surface area contributed by atoms with Gasteiger partial charge in [0.1, 0.15) is 5.82 Å². The Morgan fingerprint density at radius 1 is 1.13 bits per heavy atom. The fraction of sp³-hybridized carbons (Fsp3) is 0.133. The zero-order chi connectivity index (χ0) is 17.0. The maximum absolute atomic E-state index is 13.2. The monoisotopic (exact) mass is 438 g/mol. The average Bonchev–Trinajstić information content (AvgIpc) is 2.44. The number of halogens is 5. The highest BCUT2D eigenvalue weighted by atomic mass is 127. The molecule has 0 saturated heterocycles. The molecule has 0 aliphatic carbocycles. The van der Waals surface area contributed by atoms with Crippen molar-refractivity contribution in [2.75, 3.05) is 5.32 Å². The molecule has 122 valence electrons. The molecule has 2 rings (SSSR count). The van der Waals surface area contributed by atoms with Crippen molar-refractivity contribution in [2.24, 2.45) is 0 Å². The van der Waals surface area contributed by atoms with Crippen molar-refractivity contribution in [3.8, 4) is 0 Å². The van der Waals surface area contributed by atoms with E-state index in [0.29, 0.717) is 11.8 Å². The highest BCUT2D eigenvalue weighted by Gasteiger charge is 2.31. The van der Waals surface area contributed by atoms with Gasteiger partial charge in [0.05, 0.1) is 5.56 Å². The van der Waals surface area contributed by atoms with Crippen LogP contribution < -0.4 is 10.6 Å². The van der Waals surface area contributed by atoms with E-state index in [1.165, 1.54) is 0 Å². The lowest BCUT2D eigenvalue weighted by Gasteiger charge is -2.11. The Morgan fingerprint density at radius 2 is 1.87 bits per heavy atom. The highest BCUT2D eigenvalue weighted by Crippen LogP contribution is 2.30. The molecule has 8 heteroatoms. The van der Waals surface area contributed by atoms with Gasteiger partial charge in [-0.05, 0) is 64.6 Å². The van der Waals surface area contributed by atoms with Gasteiger partial charge in [-0.3, -0.25) is 0 Å². The maximum Gasteiger partial charge on any atom is 0.416 e. The number of amides is 2. The molecule has 0 aromatic heterocycles. The second-order valence-corrected chi connectivity index (χ2v) is 5.91. The van der Waals surface area contributed by atoms with Crippen molar-refractivity contribution in [2.45, 2.75) is 12.7 Å². The van der Waals surface area contributed by atoms with Gasteiger partial charge in [0.25, 0.3) is 0 Å². The van der Waals surface area contributed by atoms with Crippen LogP contribution in [-0.4, -0.2) is 6.03 Å². The van der Waals surface area contributed by atoms with Crippen molar-refractivity contribution < 1.29 is 22.4 Å². The molecule has 0 aliphatic heterocycles. The lowest BCUT2D eigenvalue weighted by molar-refractivity contribution is -0.137. The fourth-order valence-electron chi connectivity index (χ4n) is 1.84. The molecule has 23 heavy (non-hydrogen) atoms. The summed E-state index contributed by atoms with van der Waals surface area (Å²) in [5.74, 6) is -1.00. The Kier molecular flexibility index (Phi) is 5.45. The number of benzene rings is 2. The largest absolute Gasteiger partial charge is 0.416 e. The molecule has 0 atom stereocenters. The van der Waals surface area contributed by atoms with E-state index in [-0.39, 0.29) is 12.1 Å². The molecule has 2 N–H and O–H groups in total. The van der Waals surface area contributed by atoms with E-state index < -0.39 is 23.6 Å². The number of rotatable bonds is 3. The predicted molar refractivity (Wildman–Crippen MR) is 86.4 cm³/mol. The number of nitrogens with one attached hydrogen (secondary N) is 2. The van der Waals surface area contributed by atoms with Crippen molar-refractivity contribution in [1.82, 2.24) is 5.32 Å². The molecule has 3 nitrogen and oxygen atoms in total. The molecular formula is C15H11F4IN2O. The molecule has 2 aromatic rings. The van der Waals surface area contributed by atoms with Crippen molar-refractivity contribution in [1.29, 1.82) is 0 Å². The van der Waals surface area contributed by atoms with Crippen LogP contribution in [0.25, 0.3) is 0 Å². The van der Waals surface area contributed by atoms with Crippen LogP contribution in [-0.2, 0) is 12.7 Å². The Hall–Kier alpha value is -1.84. The standard InChI is InChI=1S/C15H11F4IN2O/c16-11-5-9(4-10(6-11)15(17,18)19)8-21-14(23)22-13-3-1-2-12(20)7-13/h1-7H,8H2,(H2,21,22,23). The molecule has 2 amide bonds. The summed E-state index contributed by atoms with van der Waals surface area (Å²) in [4.78, 5) is 11.7. The van der Waals surface area contributed by atoms with Crippen molar-refractivity contribution >= 4 is 34.3 Å². The van der Waals surface area contributed by atoms with Gasteiger partial charge in [-0.1, -0.05) is 6.07 Å². The molecule has 0 unspecified atom stereocenters. The summed E-state index contributed by atoms with van der Waals surface area (Å²) in [7, 11) is 0. The topological polar surface area (TPSA) is 41.1 Å². The third-order valence-electron chi connectivity index (χ3n) is 2.82. The summed E-state index contributed by atoms with van der Waals surface area (Å²) in [5, 5.41) is 4.93. The summed E-state index contributed by atoms with van der Waals surface area (Å²) in [6, 6.07) is 8.56. The van der Waals surface area contributed by atoms with Gasteiger partial charge in [0, 0.05) is 15.8 Å². The molecule has 0 fully saturated rings. The van der Waals surface area contributed by atoms with Gasteiger partial charge in [-0.2, -0.15) is 13.2 Å². The maximum atomic E-state index is 13.2. The van der Waals surface area contributed by atoms with Gasteiger partial charge in [-0.25, -0.2) is 9.18 Å². The van der Waals surface area contributed by atoms with Crippen LogP contribution in [0.4, 0.5) is 28.0 Å². The average molecular weight is 438 g/mol. The van der Waals surface area contributed by atoms with E-state index in [1.54, 1.807) is 18.2 Å². The minimum atomic E-state index is -4.64. The molecule has 0 spiro atoms. The van der Waals surface area contributed by atoms with Crippen LogP contribution in [0.15, 0.2) is 42.5 Å². The first-order chi connectivity index (χ1) is 10.7. The van der Waals surface area contributed by atoms with Crippen LogP contribution >= 0.6 is 22.6 Å². The van der Waals surface area contributed by atoms with E-state index in [4.69, 9.17) is 0 Å². The normalized spacial score (nSPS) is 11.2. The number of hydrogen-bond donors (Lipinski definition) is 2. The van der Waals surface area contributed by atoms with Crippen molar-refractivity contribution in [3.63, 3.8) is 0 Å². The fourth-order valence-corrected chi connectivity index (χ4v) is 2.38. The summed E-state index contributed by atoms with van der Waals surface area (Å²) in [6.07, 6.45) is -4.64. The Morgan fingerprint density at radius 3 is 2.52 bits per heavy atom. The SMILES string of the molecule is O=C(NCc1cc(F)cc(C(F)(F)F)c1)Nc1cccc(I)c1. The first-order valence-electron chi connectivity index (χ1n) is 6.41. The predicted octanol–water partition coefficient (Wildman–Crippen LogP) is 4.77. The van der Waals surface area contributed by atoms with Gasteiger partial charge in [0.2, 0.25) is 0 Å². The Labute approximate surface area is 143 Å². The third-order valence-corrected chi connectivity index (χ3v) is 3.49. The molecule has 0 heterocycles. The third kappa shape index (κ3) is 5.38. The number of anilines is 1. The van der Waals surface area contributed by atoms with Gasteiger partial charge < -0.3 is 10.6 Å². The van der Waals surface area contributed by atoms with Crippen LogP contribution in [0.3, 0.4) is 0 Å². The van der Waals surface area contributed by atoms with E-state index in [2.05, 4.69) is 33.2 Å².